The maximum Gasteiger partial charge on any atom is 0.475 e. The maximum absolute atomic E-state index is 13.0. The second-order valence-electron chi connectivity index (χ2n) is 7.00. The molecule has 2 atom stereocenters. The van der Waals surface area contributed by atoms with E-state index in [2.05, 4.69) is 15.6 Å². The molecule has 2 rings (SSSR count). The highest BCUT2D eigenvalue weighted by atomic mass is 32.2. The minimum Gasteiger partial charge on any atom is -0.426 e. The van der Waals surface area contributed by atoms with Gasteiger partial charge >= 0.3 is 7.12 Å². The molecule has 0 saturated carbocycles. The van der Waals surface area contributed by atoms with Crippen molar-refractivity contribution in [1.29, 1.82) is 0 Å². The molecule has 0 spiro atoms. The van der Waals surface area contributed by atoms with Crippen LogP contribution in [0.3, 0.4) is 0 Å². The van der Waals surface area contributed by atoms with E-state index in [0.717, 1.165) is 6.42 Å². The van der Waals surface area contributed by atoms with Gasteiger partial charge in [-0.1, -0.05) is 18.2 Å². The summed E-state index contributed by atoms with van der Waals surface area (Å²) in [6.45, 7) is 0.489. The first-order valence-electron chi connectivity index (χ1n) is 9.98. The van der Waals surface area contributed by atoms with Crippen LogP contribution in [0, 0.1) is 0 Å². The highest BCUT2D eigenvalue weighted by Crippen LogP contribution is 2.16. The van der Waals surface area contributed by atoms with Crippen LogP contribution in [-0.2, 0) is 4.79 Å². The predicted octanol–water partition coefficient (Wildman–Crippen LogP) is 0.712. The van der Waals surface area contributed by atoms with Crippen molar-refractivity contribution in [1.82, 2.24) is 15.6 Å². The Kier molecular flexibility index (Phi) is 10.1. The topological polar surface area (TPSA) is 138 Å². The third-order valence-electron chi connectivity index (χ3n) is 4.78. The van der Waals surface area contributed by atoms with Crippen molar-refractivity contribution in [2.24, 2.45) is 5.73 Å². The number of para-hydroxylation sites is 1. The molecule has 1 heterocycles. The van der Waals surface area contributed by atoms with E-state index in [9.17, 15) is 19.6 Å². The number of benzene rings is 1. The normalized spacial score (nSPS) is 12.9. The first-order valence-corrected chi connectivity index (χ1v) is 11.4. The van der Waals surface area contributed by atoms with Crippen LogP contribution in [0.2, 0.25) is 0 Å². The second kappa shape index (κ2) is 12.5. The molecular weight excluding hydrogens is 403 g/mol. The first-order chi connectivity index (χ1) is 14.5. The summed E-state index contributed by atoms with van der Waals surface area (Å²) in [5.74, 6) is -0.972. The van der Waals surface area contributed by atoms with Gasteiger partial charge in [-0.3, -0.25) is 14.6 Å². The van der Waals surface area contributed by atoms with Gasteiger partial charge in [0.15, 0.2) is 0 Å². The van der Waals surface area contributed by atoms with Gasteiger partial charge in [0, 0.05) is 11.6 Å². The molecule has 0 unspecified atom stereocenters. The van der Waals surface area contributed by atoms with Crippen LogP contribution in [0.1, 0.15) is 36.0 Å². The Morgan fingerprint density at radius 2 is 1.93 bits per heavy atom. The monoisotopic (exact) mass is 432 g/mol. The van der Waals surface area contributed by atoms with Crippen LogP contribution in [0.15, 0.2) is 36.5 Å². The van der Waals surface area contributed by atoms with Crippen LogP contribution < -0.4 is 16.4 Å². The zero-order valence-electron chi connectivity index (χ0n) is 17.1. The summed E-state index contributed by atoms with van der Waals surface area (Å²) in [5.41, 5.74) is 6.68. The van der Waals surface area contributed by atoms with E-state index in [-0.39, 0.29) is 5.91 Å². The van der Waals surface area contributed by atoms with Gasteiger partial charge in [0.1, 0.15) is 6.04 Å². The molecule has 0 aliphatic carbocycles. The Morgan fingerprint density at radius 1 is 1.17 bits per heavy atom. The third-order valence-corrected chi connectivity index (χ3v) is 5.43. The number of nitrogens with two attached hydrogens (primary N) is 1. The number of nitrogens with one attached hydrogen (secondary N) is 2. The quantitative estimate of drug-likeness (QED) is 0.246. The van der Waals surface area contributed by atoms with Crippen LogP contribution >= 0.6 is 11.8 Å². The van der Waals surface area contributed by atoms with Crippen molar-refractivity contribution >= 4 is 41.6 Å². The number of aromatic nitrogens is 1. The molecule has 0 aliphatic rings. The molecule has 2 aromatic rings. The maximum atomic E-state index is 13.0. The van der Waals surface area contributed by atoms with E-state index in [1.165, 1.54) is 0 Å². The molecule has 0 bridgehead atoms. The standard InChI is InChI=1S/C20H29BN4O4S/c1-30-13-10-18(21(28)29)25-20(27)17(8-4-5-11-22)24-19(26)15-9-12-23-16-7-3-2-6-14(15)16/h2-3,6-7,9,12,17-18,28-29H,4-5,8,10-11,13,22H2,1H3,(H,24,26)(H,25,27)/t17-,18-/m0/s1. The Hall–Kier alpha value is -2.14. The summed E-state index contributed by atoms with van der Waals surface area (Å²) in [6.07, 6.45) is 5.63. The van der Waals surface area contributed by atoms with E-state index in [1.807, 2.05) is 24.5 Å². The fourth-order valence-corrected chi connectivity index (χ4v) is 3.61. The SMILES string of the molecule is CSCC[C@H](NC(=O)[C@H](CCCCN)NC(=O)c1ccnc2ccccc12)B(O)O. The number of fused-ring (bicyclic) bond motifs is 1. The number of rotatable bonds is 12. The van der Waals surface area contributed by atoms with E-state index in [1.54, 1.807) is 30.1 Å². The summed E-state index contributed by atoms with van der Waals surface area (Å²) in [6, 6.07) is 8.09. The highest BCUT2D eigenvalue weighted by Gasteiger charge is 2.29. The molecule has 1 aromatic carbocycles. The largest absolute Gasteiger partial charge is 0.475 e. The van der Waals surface area contributed by atoms with Crippen molar-refractivity contribution in [2.75, 3.05) is 18.6 Å². The summed E-state index contributed by atoms with van der Waals surface area (Å²) >= 11 is 1.55. The number of unbranched alkanes of at least 4 members (excludes halogenated alkanes) is 1. The van der Waals surface area contributed by atoms with Gasteiger partial charge in [-0.25, -0.2) is 0 Å². The van der Waals surface area contributed by atoms with Gasteiger partial charge < -0.3 is 26.4 Å². The van der Waals surface area contributed by atoms with Crippen LogP contribution in [0.4, 0.5) is 0 Å². The molecule has 6 N–H and O–H groups in total. The van der Waals surface area contributed by atoms with Crippen molar-refractivity contribution < 1.29 is 19.6 Å². The van der Waals surface area contributed by atoms with Crippen LogP contribution in [-0.4, -0.2) is 64.5 Å². The summed E-state index contributed by atoms with van der Waals surface area (Å²) < 4.78 is 0. The lowest BCUT2D eigenvalue weighted by molar-refractivity contribution is -0.123. The minimum absolute atomic E-state index is 0.383. The van der Waals surface area contributed by atoms with Gasteiger partial charge in [0.25, 0.3) is 5.91 Å². The average molecular weight is 432 g/mol. The second-order valence-corrected chi connectivity index (χ2v) is 7.98. The average Bonchev–Trinajstić information content (AvgIpc) is 2.75. The molecule has 162 valence electrons. The predicted molar refractivity (Wildman–Crippen MR) is 121 cm³/mol. The Bertz CT molecular complexity index is 834. The number of pyridine rings is 1. The number of thioether (sulfide) groups is 1. The number of amides is 2. The fourth-order valence-electron chi connectivity index (χ4n) is 3.12. The minimum atomic E-state index is -1.68. The lowest BCUT2D eigenvalue weighted by atomic mass is 9.77. The van der Waals surface area contributed by atoms with Crippen molar-refractivity contribution in [3.8, 4) is 0 Å². The Balaban J connectivity index is 2.16. The van der Waals surface area contributed by atoms with E-state index in [0.29, 0.717) is 48.0 Å². The molecule has 0 saturated heterocycles. The Morgan fingerprint density at radius 3 is 2.63 bits per heavy atom. The molecule has 30 heavy (non-hydrogen) atoms. The number of hydrogen-bond acceptors (Lipinski definition) is 7. The molecule has 0 radical (unpaired) electrons. The molecule has 2 amide bonds. The van der Waals surface area contributed by atoms with Gasteiger partial charge in [-0.2, -0.15) is 11.8 Å². The van der Waals surface area contributed by atoms with Gasteiger partial charge in [0.05, 0.1) is 17.0 Å². The fraction of sp³-hybridized carbons (Fsp3) is 0.450. The molecule has 1 aromatic heterocycles. The Labute approximate surface area is 181 Å². The number of carbonyl (C=O) groups excluding carboxylic acids is 2. The van der Waals surface area contributed by atoms with Crippen LogP contribution in [0.25, 0.3) is 10.9 Å². The highest BCUT2D eigenvalue weighted by molar-refractivity contribution is 7.98. The van der Waals surface area contributed by atoms with Crippen molar-refractivity contribution in [2.45, 2.75) is 37.7 Å². The summed E-state index contributed by atoms with van der Waals surface area (Å²) in [7, 11) is -1.68. The summed E-state index contributed by atoms with van der Waals surface area (Å²) in [5, 5.41) is 25.3. The lowest BCUT2D eigenvalue weighted by Gasteiger charge is -2.23. The van der Waals surface area contributed by atoms with Gasteiger partial charge in [-0.05, 0) is 56.4 Å². The number of hydrogen-bond donors (Lipinski definition) is 5. The van der Waals surface area contributed by atoms with E-state index < -0.39 is 25.0 Å². The van der Waals surface area contributed by atoms with E-state index >= 15 is 0 Å². The number of nitrogens with zero attached hydrogens (tertiary/aromatic N) is 1. The molecular formula is C20H29BN4O4S. The first kappa shape index (κ1) is 24.1. The third kappa shape index (κ3) is 6.98. The van der Waals surface area contributed by atoms with E-state index in [4.69, 9.17) is 5.73 Å². The van der Waals surface area contributed by atoms with Crippen molar-refractivity contribution in [3.63, 3.8) is 0 Å². The van der Waals surface area contributed by atoms with Gasteiger partial charge in [0.2, 0.25) is 5.91 Å². The lowest BCUT2D eigenvalue weighted by Crippen LogP contribution is -2.54. The molecule has 0 fully saturated rings. The smallest absolute Gasteiger partial charge is 0.426 e. The van der Waals surface area contributed by atoms with Crippen molar-refractivity contribution in [3.05, 3.63) is 42.1 Å². The molecule has 0 aliphatic heterocycles. The zero-order chi connectivity index (χ0) is 21.9. The zero-order valence-corrected chi connectivity index (χ0v) is 17.9. The van der Waals surface area contributed by atoms with Crippen LogP contribution in [0.5, 0.6) is 0 Å². The molecule has 8 nitrogen and oxygen atoms in total. The van der Waals surface area contributed by atoms with Gasteiger partial charge in [-0.15, -0.1) is 0 Å². The number of carbonyl (C=O) groups is 2. The molecule has 10 heteroatoms. The summed E-state index contributed by atoms with van der Waals surface area (Å²) in [4.78, 5) is 30.1.